The van der Waals surface area contributed by atoms with Crippen molar-refractivity contribution in [3.63, 3.8) is 0 Å². The second-order valence-electron chi connectivity index (χ2n) is 7.74. The van der Waals surface area contributed by atoms with Crippen molar-refractivity contribution in [2.75, 3.05) is 27.4 Å². The largest absolute Gasteiger partial charge is 0.495 e. The number of aromatic nitrogens is 1. The monoisotopic (exact) mass is 478 g/mol. The average Bonchev–Trinajstić information content (AvgIpc) is 3.28. The topological polar surface area (TPSA) is 72.6 Å². The van der Waals surface area contributed by atoms with Gasteiger partial charge in [-0.1, -0.05) is 35.9 Å². The fourth-order valence-corrected chi connectivity index (χ4v) is 4.33. The van der Waals surface area contributed by atoms with Crippen LogP contribution in [0, 0.1) is 0 Å². The first-order valence-electron chi connectivity index (χ1n) is 11.0. The molecule has 1 amide bonds. The summed E-state index contributed by atoms with van der Waals surface area (Å²) < 4.78 is 16.4. The van der Waals surface area contributed by atoms with Crippen LogP contribution in [0.5, 0.6) is 17.2 Å². The minimum absolute atomic E-state index is 0.126. The number of fused-ring (bicyclic) bond motifs is 1. The number of H-pyrrole nitrogens is 1. The standard InChI is InChI=1S/C27H27ClN2O4/c1-4-34-25-12-9-17(14-26(25)33-3)20(21-16-29-23-8-6-5-7-19(21)23)15-30-27(31)18-10-11-24(32-2)22(28)13-18/h5-14,16,20,29H,4,15H2,1-3H3,(H,30,31). The second kappa shape index (κ2) is 10.5. The van der Waals surface area contributed by atoms with Crippen LogP contribution in [0.2, 0.25) is 5.02 Å². The van der Waals surface area contributed by atoms with Gasteiger partial charge < -0.3 is 24.5 Å². The van der Waals surface area contributed by atoms with E-state index in [1.165, 1.54) is 7.11 Å². The Balaban J connectivity index is 1.67. The highest BCUT2D eigenvalue weighted by molar-refractivity contribution is 6.32. The first-order valence-corrected chi connectivity index (χ1v) is 11.4. The molecule has 6 nitrogen and oxygen atoms in total. The minimum Gasteiger partial charge on any atom is -0.495 e. The van der Waals surface area contributed by atoms with Crippen LogP contribution in [-0.2, 0) is 0 Å². The van der Waals surface area contributed by atoms with Crippen molar-refractivity contribution < 1.29 is 19.0 Å². The van der Waals surface area contributed by atoms with Crippen LogP contribution in [0.15, 0.2) is 66.9 Å². The summed E-state index contributed by atoms with van der Waals surface area (Å²) in [5.74, 6) is 1.52. The van der Waals surface area contributed by atoms with Gasteiger partial charge in [0.1, 0.15) is 5.75 Å². The molecule has 3 aromatic carbocycles. The summed E-state index contributed by atoms with van der Waals surface area (Å²) in [4.78, 5) is 16.3. The van der Waals surface area contributed by atoms with E-state index in [0.717, 1.165) is 22.0 Å². The minimum atomic E-state index is -0.215. The molecular formula is C27H27ClN2O4. The molecule has 4 rings (SSSR count). The molecule has 1 aromatic heterocycles. The second-order valence-corrected chi connectivity index (χ2v) is 8.15. The van der Waals surface area contributed by atoms with Gasteiger partial charge in [0.2, 0.25) is 0 Å². The third kappa shape index (κ3) is 4.82. The highest BCUT2D eigenvalue weighted by atomic mass is 35.5. The summed E-state index contributed by atoms with van der Waals surface area (Å²) in [7, 11) is 3.16. The molecule has 34 heavy (non-hydrogen) atoms. The number of amides is 1. The number of aromatic amines is 1. The summed E-state index contributed by atoms with van der Waals surface area (Å²) >= 11 is 6.22. The fourth-order valence-electron chi connectivity index (χ4n) is 4.07. The third-order valence-electron chi connectivity index (χ3n) is 5.77. The molecule has 1 unspecified atom stereocenters. The molecule has 0 aliphatic rings. The normalized spacial score (nSPS) is 11.8. The molecule has 176 valence electrons. The van der Waals surface area contributed by atoms with Gasteiger partial charge in [-0.25, -0.2) is 0 Å². The number of carbonyl (C=O) groups excluding carboxylic acids is 1. The van der Waals surface area contributed by atoms with Gasteiger partial charge in [-0.3, -0.25) is 4.79 Å². The first kappa shape index (κ1) is 23.5. The smallest absolute Gasteiger partial charge is 0.251 e. The predicted octanol–water partition coefficient (Wildman–Crippen LogP) is 5.80. The summed E-state index contributed by atoms with van der Waals surface area (Å²) in [5, 5.41) is 4.56. The lowest BCUT2D eigenvalue weighted by Gasteiger charge is -2.20. The maximum Gasteiger partial charge on any atom is 0.251 e. The van der Waals surface area contributed by atoms with E-state index in [-0.39, 0.29) is 11.8 Å². The van der Waals surface area contributed by atoms with Crippen molar-refractivity contribution in [3.8, 4) is 17.2 Å². The van der Waals surface area contributed by atoms with E-state index in [0.29, 0.717) is 41.0 Å². The zero-order valence-electron chi connectivity index (χ0n) is 19.4. The molecule has 0 aliphatic heterocycles. The maximum absolute atomic E-state index is 13.0. The van der Waals surface area contributed by atoms with Crippen molar-refractivity contribution in [2.45, 2.75) is 12.8 Å². The zero-order chi connectivity index (χ0) is 24.1. The van der Waals surface area contributed by atoms with Crippen LogP contribution in [0.1, 0.15) is 34.3 Å². The zero-order valence-corrected chi connectivity index (χ0v) is 20.1. The molecule has 0 bridgehead atoms. The molecule has 7 heteroatoms. The molecule has 0 saturated heterocycles. The van der Waals surface area contributed by atoms with E-state index in [1.807, 2.05) is 49.5 Å². The van der Waals surface area contributed by atoms with Gasteiger partial charge in [-0.15, -0.1) is 0 Å². The van der Waals surface area contributed by atoms with E-state index in [2.05, 4.69) is 16.4 Å². The highest BCUT2D eigenvalue weighted by Gasteiger charge is 2.21. The van der Waals surface area contributed by atoms with Crippen molar-refractivity contribution in [3.05, 3.63) is 88.6 Å². The van der Waals surface area contributed by atoms with Gasteiger partial charge in [-0.05, 0) is 54.4 Å². The Morgan fingerprint density at radius 1 is 1.00 bits per heavy atom. The number of nitrogens with one attached hydrogen (secondary N) is 2. The number of rotatable bonds is 9. The molecule has 0 saturated carbocycles. The molecule has 4 aromatic rings. The molecule has 1 atom stereocenters. The van der Waals surface area contributed by atoms with E-state index in [9.17, 15) is 4.79 Å². The number of carbonyl (C=O) groups is 1. The predicted molar refractivity (Wildman–Crippen MR) is 135 cm³/mol. The van der Waals surface area contributed by atoms with Gasteiger partial charge in [0.25, 0.3) is 5.91 Å². The first-order chi connectivity index (χ1) is 16.5. The van der Waals surface area contributed by atoms with Crippen LogP contribution >= 0.6 is 11.6 Å². The number of ether oxygens (including phenoxy) is 3. The number of methoxy groups -OCH3 is 2. The number of benzene rings is 3. The summed E-state index contributed by atoms with van der Waals surface area (Å²) in [6.07, 6.45) is 1.99. The van der Waals surface area contributed by atoms with E-state index < -0.39 is 0 Å². The van der Waals surface area contributed by atoms with E-state index in [4.69, 9.17) is 25.8 Å². The summed E-state index contributed by atoms with van der Waals surface area (Å²) in [6.45, 7) is 2.85. The molecule has 1 heterocycles. The summed E-state index contributed by atoms with van der Waals surface area (Å²) in [6, 6.07) is 19.0. The number of hydrogen-bond donors (Lipinski definition) is 2. The Hall–Kier alpha value is -3.64. The van der Waals surface area contributed by atoms with Gasteiger partial charge in [0, 0.05) is 35.1 Å². The molecule has 0 fully saturated rings. The lowest BCUT2D eigenvalue weighted by Crippen LogP contribution is -2.29. The average molecular weight is 479 g/mol. The summed E-state index contributed by atoms with van der Waals surface area (Å²) in [5.41, 5.74) is 3.58. The Morgan fingerprint density at radius 2 is 1.76 bits per heavy atom. The van der Waals surface area contributed by atoms with E-state index in [1.54, 1.807) is 25.3 Å². The molecule has 0 radical (unpaired) electrons. The van der Waals surface area contributed by atoms with Gasteiger partial charge in [-0.2, -0.15) is 0 Å². The maximum atomic E-state index is 13.0. The lowest BCUT2D eigenvalue weighted by atomic mass is 9.90. The Bertz CT molecular complexity index is 1300. The molecule has 0 spiro atoms. The van der Waals surface area contributed by atoms with Crippen molar-refractivity contribution in [1.82, 2.24) is 10.3 Å². The van der Waals surface area contributed by atoms with Crippen LogP contribution < -0.4 is 19.5 Å². The van der Waals surface area contributed by atoms with Crippen LogP contribution in [0.4, 0.5) is 0 Å². The number of para-hydroxylation sites is 1. The van der Waals surface area contributed by atoms with Gasteiger partial charge >= 0.3 is 0 Å². The third-order valence-corrected chi connectivity index (χ3v) is 6.06. The molecule has 0 aliphatic carbocycles. The van der Waals surface area contributed by atoms with Crippen LogP contribution in [-0.4, -0.2) is 38.3 Å². The highest BCUT2D eigenvalue weighted by Crippen LogP contribution is 2.36. The number of halogens is 1. The molecular weight excluding hydrogens is 452 g/mol. The van der Waals surface area contributed by atoms with Gasteiger partial charge in [0.15, 0.2) is 11.5 Å². The van der Waals surface area contributed by atoms with Crippen molar-refractivity contribution in [1.29, 1.82) is 0 Å². The fraction of sp³-hybridized carbons (Fsp3) is 0.222. The van der Waals surface area contributed by atoms with Crippen LogP contribution in [0.25, 0.3) is 10.9 Å². The Labute approximate surface area is 203 Å². The SMILES string of the molecule is CCOc1ccc(C(CNC(=O)c2ccc(OC)c(Cl)c2)c2c[nH]c3ccccc23)cc1OC. The van der Waals surface area contributed by atoms with E-state index >= 15 is 0 Å². The lowest BCUT2D eigenvalue weighted by molar-refractivity contribution is 0.0952. The van der Waals surface area contributed by atoms with Crippen molar-refractivity contribution >= 4 is 28.4 Å². The van der Waals surface area contributed by atoms with Gasteiger partial charge in [0.05, 0.1) is 25.8 Å². The van der Waals surface area contributed by atoms with Crippen LogP contribution in [0.3, 0.4) is 0 Å². The Morgan fingerprint density at radius 3 is 2.50 bits per heavy atom. The number of hydrogen-bond acceptors (Lipinski definition) is 4. The Kier molecular flexibility index (Phi) is 7.28. The van der Waals surface area contributed by atoms with Crippen molar-refractivity contribution in [2.24, 2.45) is 0 Å². The quantitative estimate of drug-likeness (QED) is 0.319. The molecule has 2 N–H and O–H groups in total.